The first-order valence-corrected chi connectivity index (χ1v) is 8.86. The molecule has 0 saturated carbocycles. The maximum Gasteiger partial charge on any atom is 0.279 e. The first kappa shape index (κ1) is 19.3. The summed E-state index contributed by atoms with van der Waals surface area (Å²) in [5.74, 6) is -0.386. The van der Waals surface area contributed by atoms with Crippen LogP contribution in [0.5, 0.6) is 0 Å². The van der Waals surface area contributed by atoms with Crippen molar-refractivity contribution in [2.24, 2.45) is 0 Å². The van der Waals surface area contributed by atoms with Crippen LogP contribution in [-0.2, 0) is 9.59 Å². The molecule has 1 saturated heterocycles. The molecule has 0 unspecified atom stereocenters. The second kappa shape index (κ2) is 8.92. The maximum atomic E-state index is 13.3. The predicted octanol–water partition coefficient (Wildman–Crippen LogP) is -1.62. The number of piperazine rings is 1. The summed E-state index contributed by atoms with van der Waals surface area (Å²) in [6.45, 7) is 10.0. The predicted molar refractivity (Wildman–Crippen MR) is 94.2 cm³/mol. The second-order valence-electron chi connectivity index (χ2n) is 7.08. The molecule has 0 aromatic heterocycles. The lowest BCUT2D eigenvalue weighted by Crippen LogP contribution is -3.28. The van der Waals surface area contributed by atoms with Crippen LogP contribution in [-0.4, -0.2) is 57.1 Å². The fourth-order valence-corrected chi connectivity index (χ4v) is 3.06. The summed E-state index contributed by atoms with van der Waals surface area (Å²) in [5.41, 5.74) is 1.37. The lowest BCUT2D eigenvalue weighted by Gasteiger charge is -2.29. The molecule has 0 bridgehead atoms. The highest BCUT2D eigenvalue weighted by molar-refractivity contribution is 5.92. The maximum absolute atomic E-state index is 13.3. The van der Waals surface area contributed by atoms with E-state index in [4.69, 9.17) is 0 Å². The number of quaternary nitrogens is 2. The highest BCUT2D eigenvalue weighted by atomic mass is 19.1. The van der Waals surface area contributed by atoms with Crippen molar-refractivity contribution in [2.45, 2.75) is 26.8 Å². The largest absolute Gasteiger partial charge is 0.349 e. The lowest BCUT2D eigenvalue weighted by molar-refractivity contribution is -1.00. The van der Waals surface area contributed by atoms with Gasteiger partial charge in [0.2, 0.25) is 0 Å². The SMILES string of the molecule is Cc1ccc(F)cc1NC(=O)C[NH+]1CC[NH+](CC(=O)NC(C)C)CC1. The van der Waals surface area contributed by atoms with Gasteiger partial charge < -0.3 is 20.4 Å². The number of nitrogens with one attached hydrogen (secondary N) is 4. The van der Waals surface area contributed by atoms with Crippen LogP contribution >= 0.6 is 0 Å². The molecule has 7 heteroatoms. The number of benzene rings is 1. The van der Waals surface area contributed by atoms with Gasteiger partial charge in [0.15, 0.2) is 13.1 Å². The normalized spacial score (nSPS) is 20.4. The monoisotopic (exact) mass is 352 g/mol. The van der Waals surface area contributed by atoms with Gasteiger partial charge in [-0.1, -0.05) is 6.07 Å². The Labute approximate surface area is 148 Å². The first-order valence-electron chi connectivity index (χ1n) is 8.86. The summed E-state index contributed by atoms with van der Waals surface area (Å²) >= 11 is 0. The number of hydrogen-bond acceptors (Lipinski definition) is 2. The second-order valence-corrected chi connectivity index (χ2v) is 7.08. The Morgan fingerprint density at radius 1 is 1.08 bits per heavy atom. The third-order valence-electron chi connectivity index (χ3n) is 4.41. The number of rotatable bonds is 6. The standard InChI is InChI=1S/C18H27FN4O2/c1-13(2)20-17(24)11-22-6-8-23(9-7-22)12-18(25)21-16-10-15(19)5-4-14(16)3/h4-5,10,13H,6-9,11-12H2,1-3H3,(H,20,24)(H,21,25)/p+2. The molecular formula is C18H29FN4O2+2. The molecule has 0 atom stereocenters. The molecule has 0 radical (unpaired) electrons. The van der Waals surface area contributed by atoms with Crippen LogP contribution < -0.4 is 20.4 Å². The van der Waals surface area contributed by atoms with E-state index in [1.807, 2.05) is 20.8 Å². The zero-order valence-electron chi connectivity index (χ0n) is 15.2. The first-order chi connectivity index (χ1) is 11.8. The molecule has 1 aromatic rings. The van der Waals surface area contributed by atoms with Crippen LogP contribution in [0.3, 0.4) is 0 Å². The molecule has 0 spiro atoms. The number of carbonyl (C=O) groups is 2. The van der Waals surface area contributed by atoms with Crippen molar-refractivity contribution in [1.82, 2.24) is 5.32 Å². The van der Waals surface area contributed by atoms with E-state index < -0.39 is 0 Å². The zero-order chi connectivity index (χ0) is 18.4. The topological polar surface area (TPSA) is 67.1 Å². The molecule has 25 heavy (non-hydrogen) atoms. The Hall–Kier alpha value is -1.99. The van der Waals surface area contributed by atoms with E-state index in [0.29, 0.717) is 18.8 Å². The van der Waals surface area contributed by atoms with Crippen molar-refractivity contribution in [2.75, 3.05) is 44.6 Å². The average molecular weight is 352 g/mol. The quantitative estimate of drug-likeness (QED) is 0.497. The number of carbonyl (C=O) groups excluding carboxylic acids is 2. The number of halogens is 1. The molecule has 6 nitrogen and oxygen atoms in total. The van der Waals surface area contributed by atoms with Crippen LogP contribution in [0.4, 0.5) is 10.1 Å². The minimum absolute atomic E-state index is 0.0766. The number of amides is 2. The van der Waals surface area contributed by atoms with Gasteiger partial charge in [-0.25, -0.2) is 4.39 Å². The van der Waals surface area contributed by atoms with Gasteiger partial charge in [-0.05, 0) is 38.5 Å². The van der Waals surface area contributed by atoms with Crippen molar-refractivity contribution < 1.29 is 23.8 Å². The van der Waals surface area contributed by atoms with Crippen molar-refractivity contribution in [3.63, 3.8) is 0 Å². The highest BCUT2D eigenvalue weighted by Crippen LogP contribution is 2.15. The summed E-state index contributed by atoms with van der Waals surface area (Å²) in [5, 5.41) is 5.70. The van der Waals surface area contributed by atoms with Crippen molar-refractivity contribution in [1.29, 1.82) is 0 Å². The van der Waals surface area contributed by atoms with Crippen LogP contribution in [0.1, 0.15) is 19.4 Å². The molecule has 1 aromatic carbocycles. The molecule has 1 aliphatic heterocycles. The third kappa shape index (κ3) is 6.43. The third-order valence-corrected chi connectivity index (χ3v) is 4.41. The van der Waals surface area contributed by atoms with E-state index in [9.17, 15) is 14.0 Å². The molecule has 1 aliphatic rings. The van der Waals surface area contributed by atoms with Gasteiger partial charge in [0, 0.05) is 11.7 Å². The molecule has 0 aliphatic carbocycles. The summed E-state index contributed by atoms with van der Waals surface area (Å²) in [6.07, 6.45) is 0. The van der Waals surface area contributed by atoms with E-state index in [-0.39, 0.29) is 23.7 Å². The van der Waals surface area contributed by atoms with Crippen LogP contribution in [0.15, 0.2) is 18.2 Å². The fourth-order valence-electron chi connectivity index (χ4n) is 3.06. The number of hydrogen-bond donors (Lipinski definition) is 4. The van der Waals surface area contributed by atoms with Gasteiger partial charge in [-0.2, -0.15) is 0 Å². The van der Waals surface area contributed by atoms with E-state index in [2.05, 4.69) is 10.6 Å². The summed E-state index contributed by atoms with van der Waals surface area (Å²) in [4.78, 5) is 26.5. The van der Waals surface area contributed by atoms with E-state index in [1.54, 1.807) is 6.07 Å². The lowest BCUT2D eigenvalue weighted by atomic mass is 10.2. The van der Waals surface area contributed by atoms with E-state index >= 15 is 0 Å². The summed E-state index contributed by atoms with van der Waals surface area (Å²) in [6, 6.07) is 4.54. The Bertz CT molecular complexity index is 613. The molecule has 138 valence electrons. The van der Waals surface area contributed by atoms with E-state index in [1.165, 1.54) is 21.9 Å². The summed E-state index contributed by atoms with van der Waals surface area (Å²) in [7, 11) is 0. The van der Waals surface area contributed by atoms with Gasteiger partial charge in [-0.15, -0.1) is 0 Å². The average Bonchev–Trinajstić information content (AvgIpc) is 2.52. The van der Waals surface area contributed by atoms with Gasteiger partial charge in [0.25, 0.3) is 11.8 Å². The van der Waals surface area contributed by atoms with Crippen molar-refractivity contribution >= 4 is 17.5 Å². The number of aryl methyl sites for hydroxylation is 1. The summed E-state index contributed by atoms with van der Waals surface area (Å²) < 4.78 is 13.3. The Balaban J connectivity index is 1.75. The van der Waals surface area contributed by atoms with Gasteiger partial charge >= 0.3 is 0 Å². The van der Waals surface area contributed by atoms with Crippen LogP contribution in [0.25, 0.3) is 0 Å². The smallest absolute Gasteiger partial charge is 0.279 e. The molecule has 2 amide bonds. The fraction of sp³-hybridized carbons (Fsp3) is 0.556. The van der Waals surface area contributed by atoms with Crippen molar-refractivity contribution in [3.05, 3.63) is 29.6 Å². The van der Waals surface area contributed by atoms with Crippen molar-refractivity contribution in [3.8, 4) is 0 Å². The Kier molecular flexibility index (Phi) is 6.90. The molecule has 1 heterocycles. The van der Waals surface area contributed by atoms with E-state index in [0.717, 1.165) is 31.7 Å². The van der Waals surface area contributed by atoms with Crippen LogP contribution in [0, 0.1) is 12.7 Å². The Morgan fingerprint density at radius 2 is 1.64 bits per heavy atom. The zero-order valence-corrected chi connectivity index (χ0v) is 15.2. The molecule has 2 rings (SSSR count). The highest BCUT2D eigenvalue weighted by Gasteiger charge is 2.26. The number of anilines is 1. The van der Waals surface area contributed by atoms with Gasteiger partial charge in [0.1, 0.15) is 32.0 Å². The molecular weight excluding hydrogens is 323 g/mol. The van der Waals surface area contributed by atoms with Gasteiger partial charge in [-0.3, -0.25) is 9.59 Å². The van der Waals surface area contributed by atoms with Crippen LogP contribution in [0.2, 0.25) is 0 Å². The molecule has 1 fully saturated rings. The minimum atomic E-state index is -0.356. The molecule has 4 N–H and O–H groups in total. The minimum Gasteiger partial charge on any atom is -0.349 e. The van der Waals surface area contributed by atoms with Gasteiger partial charge in [0.05, 0.1) is 0 Å². The Morgan fingerprint density at radius 3 is 2.20 bits per heavy atom.